The normalized spacial score (nSPS) is 10.2. The third-order valence-corrected chi connectivity index (χ3v) is 2.35. The lowest BCUT2D eigenvalue weighted by molar-refractivity contribution is -0.383. The van der Waals surface area contributed by atoms with Gasteiger partial charge in [-0.3, -0.25) is 10.1 Å². The van der Waals surface area contributed by atoms with E-state index >= 15 is 0 Å². The fourth-order valence-corrected chi connectivity index (χ4v) is 1.48. The minimum absolute atomic E-state index is 0.260. The number of nitrogens with one attached hydrogen (secondary N) is 2. The summed E-state index contributed by atoms with van der Waals surface area (Å²) in [4.78, 5) is 17.4. The minimum Gasteiger partial charge on any atom is -0.332 e. The topological polar surface area (TPSA) is 119 Å². The van der Waals surface area contributed by atoms with E-state index in [4.69, 9.17) is 5.84 Å². The van der Waals surface area contributed by atoms with Gasteiger partial charge in [0.15, 0.2) is 11.6 Å². The van der Waals surface area contributed by atoms with Crippen LogP contribution in [-0.2, 0) is 0 Å². The van der Waals surface area contributed by atoms with E-state index in [0.29, 0.717) is 0 Å². The molecule has 2 aromatic rings. The Morgan fingerprint density at radius 1 is 1.25 bits per heavy atom. The second-order valence-corrected chi connectivity index (χ2v) is 3.55. The molecule has 2 rings (SSSR count). The summed E-state index contributed by atoms with van der Waals surface area (Å²) in [5, 5.41) is 13.3. The zero-order valence-electron chi connectivity index (χ0n) is 9.80. The second-order valence-electron chi connectivity index (χ2n) is 3.55. The molecular formula is C10H8F2N6O2. The van der Waals surface area contributed by atoms with Crippen molar-refractivity contribution < 1.29 is 13.7 Å². The maximum atomic E-state index is 13.5. The van der Waals surface area contributed by atoms with Gasteiger partial charge in [-0.25, -0.2) is 24.6 Å². The average Bonchev–Trinajstić information content (AvgIpc) is 2.43. The standard InChI is InChI=1S/C10H8F2N6O2/c11-5-2-1-3-6(7(5)12)16-9-8(18(19)20)10(17-13)15-4-14-9/h1-4H,13H2,(H2,14,15,16,17). The van der Waals surface area contributed by atoms with Crippen LogP contribution in [0, 0.1) is 21.7 Å². The van der Waals surface area contributed by atoms with E-state index in [1.807, 2.05) is 5.43 Å². The lowest BCUT2D eigenvalue weighted by Crippen LogP contribution is -2.13. The lowest BCUT2D eigenvalue weighted by atomic mass is 10.3. The highest BCUT2D eigenvalue weighted by atomic mass is 19.2. The minimum atomic E-state index is -1.18. The molecule has 1 heterocycles. The smallest absolute Gasteiger partial charge is 0.332 e. The van der Waals surface area contributed by atoms with E-state index in [0.717, 1.165) is 12.4 Å². The van der Waals surface area contributed by atoms with Crippen molar-refractivity contribution in [2.24, 2.45) is 5.84 Å². The van der Waals surface area contributed by atoms with Crippen LogP contribution >= 0.6 is 0 Å². The first-order valence-corrected chi connectivity index (χ1v) is 5.21. The highest BCUT2D eigenvalue weighted by Crippen LogP contribution is 2.31. The molecule has 0 atom stereocenters. The quantitative estimate of drug-likeness (QED) is 0.443. The number of hydrogen-bond donors (Lipinski definition) is 3. The van der Waals surface area contributed by atoms with Crippen molar-refractivity contribution in [1.82, 2.24) is 9.97 Å². The molecule has 0 fully saturated rings. The van der Waals surface area contributed by atoms with Crippen molar-refractivity contribution in [2.45, 2.75) is 0 Å². The lowest BCUT2D eigenvalue weighted by Gasteiger charge is -2.08. The summed E-state index contributed by atoms with van der Waals surface area (Å²) in [7, 11) is 0. The predicted octanol–water partition coefficient (Wildman–Crippen LogP) is 1.69. The molecule has 0 saturated heterocycles. The molecule has 0 aliphatic carbocycles. The maximum Gasteiger partial charge on any atom is 0.354 e. The number of aromatic nitrogens is 2. The predicted molar refractivity (Wildman–Crippen MR) is 66.1 cm³/mol. The van der Waals surface area contributed by atoms with Gasteiger partial charge in [0.05, 0.1) is 10.6 Å². The van der Waals surface area contributed by atoms with E-state index in [2.05, 4.69) is 15.3 Å². The number of rotatable bonds is 4. The Bertz CT molecular complexity index is 666. The van der Waals surface area contributed by atoms with Crippen LogP contribution in [0.1, 0.15) is 0 Å². The van der Waals surface area contributed by atoms with Gasteiger partial charge < -0.3 is 10.7 Å². The Kier molecular flexibility index (Phi) is 3.66. The molecule has 0 radical (unpaired) electrons. The van der Waals surface area contributed by atoms with Crippen molar-refractivity contribution in [3.8, 4) is 0 Å². The molecule has 0 aliphatic heterocycles. The Morgan fingerprint density at radius 2 is 1.95 bits per heavy atom. The molecule has 1 aromatic heterocycles. The zero-order chi connectivity index (χ0) is 14.7. The third kappa shape index (κ3) is 2.44. The molecule has 20 heavy (non-hydrogen) atoms. The van der Waals surface area contributed by atoms with Crippen molar-refractivity contribution >= 4 is 23.0 Å². The first-order chi connectivity index (χ1) is 9.54. The number of benzene rings is 1. The molecule has 0 unspecified atom stereocenters. The molecule has 4 N–H and O–H groups in total. The van der Waals surface area contributed by atoms with Gasteiger partial charge in [0.2, 0.25) is 11.6 Å². The zero-order valence-corrected chi connectivity index (χ0v) is 9.80. The molecule has 1 aromatic carbocycles. The van der Waals surface area contributed by atoms with Gasteiger partial charge in [0.25, 0.3) is 0 Å². The van der Waals surface area contributed by atoms with Gasteiger partial charge in [-0.05, 0) is 12.1 Å². The largest absolute Gasteiger partial charge is 0.354 e. The number of halogens is 2. The Balaban J connectivity index is 2.48. The first kappa shape index (κ1) is 13.5. The number of hydrogen-bond acceptors (Lipinski definition) is 7. The SMILES string of the molecule is NNc1ncnc(Nc2cccc(F)c2F)c1[N+](=O)[O-]. The van der Waals surface area contributed by atoms with Gasteiger partial charge in [-0.15, -0.1) is 0 Å². The molecule has 0 bridgehead atoms. The van der Waals surface area contributed by atoms with Crippen molar-refractivity contribution in [3.05, 3.63) is 46.3 Å². The molecule has 104 valence electrons. The van der Waals surface area contributed by atoms with Gasteiger partial charge >= 0.3 is 5.69 Å². The van der Waals surface area contributed by atoms with E-state index in [9.17, 15) is 18.9 Å². The molecule has 8 nitrogen and oxygen atoms in total. The molecular weight excluding hydrogens is 274 g/mol. The third-order valence-electron chi connectivity index (χ3n) is 2.35. The summed E-state index contributed by atoms with van der Waals surface area (Å²) >= 11 is 0. The number of nitrogen functional groups attached to an aromatic ring is 1. The molecule has 0 spiro atoms. The van der Waals surface area contributed by atoms with Crippen molar-refractivity contribution in [3.63, 3.8) is 0 Å². The van der Waals surface area contributed by atoms with Crippen LogP contribution in [0.4, 0.5) is 31.8 Å². The molecule has 0 saturated carbocycles. The highest BCUT2D eigenvalue weighted by molar-refractivity contribution is 5.73. The fraction of sp³-hybridized carbons (Fsp3) is 0. The van der Waals surface area contributed by atoms with Crippen LogP contribution in [0.5, 0.6) is 0 Å². The Morgan fingerprint density at radius 3 is 2.60 bits per heavy atom. The molecule has 0 aliphatic rings. The number of anilines is 3. The fourth-order valence-electron chi connectivity index (χ4n) is 1.48. The van der Waals surface area contributed by atoms with E-state index in [1.54, 1.807) is 0 Å². The first-order valence-electron chi connectivity index (χ1n) is 5.21. The van der Waals surface area contributed by atoms with Gasteiger partial charge in [0.1, 0.15) is 6.33 Å². The van der Waals surface area contributed by atoms with Crippen molar-refractivity contribution in [2.75, 3.05) is 10.7 Å². The van der Waals surface area contributed by atoms with Crippen LogP contribution in [0.3, 0.4) is 0 Å². The second kappa shape index (κ2) is 5.40. The van der Waals surface area contributed by atoms with Crippen molar-refractivity contribution in [1.29, 1.82) is 0 Å². The molecule has 0 amide bonds. The van der Waals surface area contributed by atoms with E-state index in [1.165, 1.54) is 12.1 Å². The highest BCUT2D eigenvalue weighted by Gasteiger charge is 2.23. The Labute approximate surface area is 110 Å². The van der Waals surface area contributed by atoms with E-state index in [-0.39, 0.29) is 17.3 Å². The summed E-state index contributed by atoms with van der Waals surface area (Å²) in [6, 6.07) is 3.37. The van der Waals surface area contributed by atoms with Crippen LogP contribution in [-0.4, -0.2) is 14.9 Å². The summed E-state index contributed by atoms with van der Waals surface area (Å²) in [5.74, 6) is 2.25. The van der Waals surface area contributed by atoms with Gasteiger partial charge in [-0.1, -0.05) is 6.07 Å². The van der Waals surface area contributed by atoms with Crippen LogP contribution in [0.25, 0.3) is 0 Å². The summed E-state index contributed by atoms with van der Waals surface area (Å²) in [6.45, 7) is 0. The van der Waals surface area contributed by atoms with Crippen LogP contribution < -0.4 is 16.6 Å². The van der Waals surface area contributed by atoms with Crippen LogP contribution in [0.2, 0.25) is 0 Å². The number of nitrogens with zero attached hydrogens (tertiary/aromatic N) is 3. The Hall–Kier alpha value is -2.88. The number of nitrogens with two attached hydrogens (primary N) is 1. The number of hydrazine groups is 1. The van der Waals surface area contributed by atoms with Gasteiger partial charge in [-0.2, -0.15) is 0 Å². The van der Waals surface area contributed by atoms with Crippen LogP contribution in [0.15, 0.2) is 24.5 Å². The number of nitro groups is 1. The monoisotopic (exact) mass is 282 g/mol. The molecule has 10 heteroatoms. The summed E-state index contributed by atoms with van der Waals surface area (Å²) < 4.78 is 26.6. The summed E-state index contributed by atoms with van der Waals surface area (Å²) in [6.07, 6.45) is 0.988. The maximum absolute atomic E-state index is 13.5. The average molecular weight is 282 g/mol. The van der Waals surface area contributed by atoms with Gasteiger partial charge in [0, 0.05) is 0 Å². The summed E-state index contributed by atoms with van der Waals surface area (Å²) in [5.41, 5.74) is 1.15. The van der Waals surface area contributed by atoms with E-state index < -0.39 is 22.2 Å².